The zero-order chi connectivity index (χ0) is 23.8. The van der Waals surface area contributed by atoms with Crippen molar-refractivity contribution in [3.63, 3.8) is 0 Å². The molecule has 1 aliphatic rings. The number of nitrogens with zero attached hydrogens (tertiary/aromatic N) is 5. The van der Waals surface area contributed by atoms with E-state index < -0.39 is 5.82 Å². The maximum atomic E-state index is 14.9. The lowest BCUT2D eigenvalue weighted by Crippen LogP contribution is -2.20. The molecule has 0 atom stereocenters. The molecule has 0 amide bonds. The molecule has 0 bridgehead atoms. The molecule has 4 aromatic heterocycles. The van der Waals surface area contributed by atoms with E-state index in [1.54, 1.807) is 10.7 Å². The van der Waals surface area contributed by atoms with E-state index in [0.717, 1.165) is 42.0 Å². The van der Waals surface area contributed by atoms with Crippen LogP contribution in [0.1, 0.15) is 17.7 Å². The van der Waals surface area contributed by atoms with E-state index in [1.807, 2.05) is 49.4 Å². The SMILES string of the molecule is Cc1cc(Nc2c(F)cnc3ccc(C4=CCNCC4)nc23)ccc1Oc1ccn2ncnc2c1. The highest BCUT2D eigenvalue weighted by Crippen LogP contribution is 2.32. The summed E-state index contributed by atoms with van der Waals surface area (Å²) < 4.78 is 22.6. The topological polar surface area (TPSA) is 89.3 Å². The van der Waals surface area contributed by atoms with Crippen molar-refractivity contribution in [2.75, 3.05) is 18.4 Å². The molecular weight excluding hydrogens is 445 g/mol. The molecule has 2 N–H and O–H groups in total. The lowest BCUT2D eigenvalue weighted by molar-refractivity contribution is 0.478. The Labute approximate surface area is 200 Å². The molecule has 8 nitrogen and oxygen atoms in total. The molecule has 0 saturated heterocycles. The number of anilines is 2. The van der Waals surface area contributed by atoms with Crippen LogP contribution in [0.25, 0.3) is 22.3 Å². The predicted molar refractivity (Wildman–Crippen MR) is 132 cm³/mol. The Bertz CT molecular complexity index is 1590. The lowest BCUT2D eigenvalue weighted by Gasteiger charge is -2.16. The minimum Gasteiger partial charge on any atom is -0.457 e. The van der Waals surface area contributed by atoms with E-state index in [4.69, 9.17) is 9.72 Å². The Morgan fingerprint density at radius 3 is 2.91 bits per heavy atom. The molecule has 0 aliphatic carbocycles. The normalized spacial score (nSPS) is 13.7. The van der Waals surface area contributed by atoms with Crippen LogP contribution >= 0.6 is 0 Å². The van der Waals surface area contributed by atoms with Crippen molar-refractivity contribution in [3.05, 3.63) is 84.3 Å². The van der Waals surface area contributed by atoms with Gasteiger partial charge in [0, 0.05) is 24.5 Å². The summed E-state index contributed by atoms with van der Waals surface area (Å²) in [4.78, 5) is 13.2. The number of fused-ring (bicyclic) bond motifs is 2. The van der Waals surface area contributed by atoms with Gasteiger partial charge in [0.1, 0.15) is 29.0 Å². The van der Waals surface area contributed by atoms with Gasteiger partial charge in [-0.05, 0) is 67.4 Å². The molecule has 0 spiro atoms. The van der Waals surface area contributed by atoms with E-state index >= 15 is 0 Å². The number of hydrogen-bond donors (Lipinski definition) is 2. The van der Waals surface area contributed by atoms with Gasteiger partial charge in [0.15, 0.2) is 11.5 Å². The summed E-state index contributed by atoms with van der Waals surface area (Å²) in [6.45, 7) is 3.65. The van der Waals surface area contributed by atoms with Crippen molar-refractivity contribution in [2.24, 2.45) is 0 Å². The summed E-state index contributed by atoms with van der Waals surface area (Å²) in [6, 6.07) is 13.1. The number of ether oxygens (including phenoxy) is 1. The third-order valence-corrected chi connectivity index (χ3v) is 5.98. The third kappa shape index (κ3) is 4.17. The van der Waals surface area contributed by atoms with Gasteiger partial charge >= 0.3 is 0 Å². The van der Waals surface area contributed by atoms with Gasteiger partial charge in [-0.25, -0.2) is 18.9 Å². The van der Waals surface area contributed by atoms with Gasteiger partial charge < -0.3 is 15.4 Å². The van der Waals surface area contributed by atoms with Crippen LogP contribution in [0.3, 0.4) is 0 Å². The summed E-state index contributed by atoms with van der Waals surface area (Å²) in [5.74, 6) is 0.892. The number of nitrogens with one attached hydrogen (secondary N) is 2. The molecule has 0 fully saturated rings. The van der Waals surface area contributed by atoms with E-state index in [-0.39, 0.29) is 0 Å². The lowest BCUT2D eigenvalue weighted by atomic mass is 10.0. The highest BCUT2D eigenvalue weighted by atomic mass is 19.1. The van der Waals surface area contributed by atoms with E-state index in [1.165, 1.54) is 12.5 Å². The van der Waals surface area contributed by atoms with Crippen molar-refractivity contribution in [3.8, 4) is 11.5 Å². The Hall–Kier alpha value is -4.37. The van der Waals surface area contributed by atoms with Crippen LogP contribution in [0, 0.1) is 12.7 Å². The molecule has 9 heteroatoms. The van der Waals surface area contributed by atoms with Gasteiger partial charge in [0.2, 0.25) is 0 Å². The minimum atomic E-state index is -0.457. The van der Waals surface area contributed by atoms with Crippen molar-refractivity contribution < 1.29 is 9.13 Å². The van der Waals surface area contributed by atoms with E-state index in [0.29, 0.717) is 33.9 Å². The average molecular weight is 468 g/mol. The molecule has 0 unspecified atom stereocenters. The smallest absolute Gasteiger partial charge is 0.167 e. The van der Waals surface area contributed by atoms with Gasteiger partial charge in [-0.2, -0.15) is 5.10 Å². The first-order chi connectivity index (χ1) is 17.1. The molecule has 0 saturated carbocycles. The Balaban J connectivity index is 1.30. The summed E-state index contributed by atoms with van der Waals surface area (Å²) in [5.41, 5.74) is 5.75. The maximum Gasteiger partial charge on any atom is 0.167 e. The second-order valence-electron chi connectivity index (χ2n) is 8.36. The van der Waals surface area contributed by atoms with Gasteiger partial charge in [-0.1, -0.05) is 6.08 Å². The largest absolute Gasteiger partial charge is 0.457 e. The third-order valence-electron chi connectivity index (χ3n) is 5.98. The predicted octanol–water partition coefficient (Wildman–Crippen LogP) is 5.03. The Morgan fingerprint density at radius 2 is 2.06 bits per heavy atom. The summed E-state index contributed by atoms with van der Waals surface area (Å²) in [5, 5.41) is 10.6. The maximum absolute atomic E-state index is 14.9. The molecule has 174 valence electrons. The van der Waals surface area contributed by atoms with E-state index in [2.05, 4.69) is 31.8 Å². The highest BCUT2D eigenvalue weighted by molar-refractivity contribution is 5.91. The summed E-state index contributed by atoms with van der Waals surface area (Å²) in [6.07, 6.45) is 7.52. The minimum absolute atomic E-state index is 0.303. The number of halogens is 1. The van der Waals surface area contributed by atoms with Crippen LogP contribution in [-0.2, 0) is 0 Å². The first-order valence-corrected chi connectivity index (χ1v) is 11.3. The number of pyridine rings is 3. The molecule has 5 heterocycles. The van der Waals surface area contributed by atoms with Gasteiger partial charge in [0.25, 0.3) is 0 Å². The highest BCUT2D eigenvalue weighted by Gasteiger charge is 2.15. The zero-order valence-electron chi connectivity index (χ0n) is 19.0. The van der Waals surface area contributed by atoms with E-state index in [9.17, 15) is 4.39 Å². The second-order valence-corrected chi connectivity index (χ2v) is 8.36. The molecule has 5 aromatic rings. The first kappa shape index (κ1) is 21.2. The van der Waals surface area contributed by atoms with Gasteiger partial charge in [0.05, 0.1) is 17.4 Å². The van der Waals surface area contributed by atoms with Crippen molar-refractivity contribution in [1.29, 1.82) is 0 Å². The van der Waals surface area contributed by atoms with Gasteiger partial charge in [-0.15, -0.1) is 0 Å². The van der Waals surface area contributed by atoms with Crippen LogP contribution < -0.4 is 15.4 Å². The molecule has 6 rings (SSSR count). The first-order valence-electron chi connectivity index (χ1n) is 11.3. The number of aromatic nitrogens is 5. The number of rotatable bonds is 5. The standard InChI is InChI=1S/C26H22FN7O/c1-16-12-18(2-5-23(16)35-19-8-11-34-24(13-19)30-15-31-34)32-25-20(27)14-29-22-4-3-21(33-26(22)25)17-6-9-28-10-7-17/h2-6,8,11-15,28H,7,9-10H2,1H3,(H,29,32). The Morgan fingerprint density at radius 1 is 1.11 bits per heavy atom. The van der Waals surface area contributed by atoms with Crippen LogP contribution in [0.4, 0.5) is 15.8 Å². The van der Waals surface area contributed by atoms with Crippen LogP contribution in [0.15, 0.2) is 67.3 Å². The number of benzene rings is 1. The van der Waals surface area contributed by atoms with Crippen molar-refractivity contribution in [2.45, 2.75) is 13.3 Å². The Kier molecular flexibility index (Phi) is 5.31. The van der Waals surface area contributed by atoms with Crippen molar-refractivity contribution >= 4 is 33.6 Å². The molecule has 0 radical (unpaired) electrons. The van der Waals surface area contributed by atoms with Crippen molar-refractivity contribution in [1.82, 2.24) is 29.9 Å². The summed E-state index contributed by atoms with van der Waals surface area (Å²) in [7, 11) is 0. The molecule has 35 heavy (non-hydrogen) atoms. The fourth-order valence-electron chi connectivity index (χ4n) is 4.17. The molecule has 1 aromatic carbocycles. The van der Waals surface area contributed by atoms with Crippen LogP contribution in [0.5, 0.6) is 11.5 Å². The fraction of sp³-hybridized carbons (Fsp3) is 0.154. The quantitative estimate of drug-likeness (QED) is 0.375. The van der Waals surface area contributed by atoms with Crippen LogP contribution in [-0.4, -0.2) is 37.7 Å². The van der Waals surface area contributed by atoms with Crippen LogP contribution in [0.2, 0.25) is 0 Å². The second kappa shape index (κ2) is 8.77. The molecule has 1 aliphatic heterocycles. The monoisotopic (exact) mass is 467 g/mol. The zero-order valence-corrected chi connectivity index (χ0v) is 19.0. The average Bonchev–Trinajstić information content (AvgIpc) is 3.36. The van der Waals surface area contributed by atoms with Gasteiger partial charge in [-0.3, -0.25) is 4.98 Å². The molecular formula is C26H22FN7O. The summed E-state index contributed by atoms with van der Waals surface area (Å²) >= 11 is 0. The number of hydrogen-bond acceptors (Lipinski definition) is 7. The fourth-order valence-corrected chi connectivity index (χ4v) is 4.17. The number of aryl methyl sites for hydroxylation is 1.